The Morgan fingerprint density at radius 1 is 1.17 bits per heavy atom. The van der Waals surface area contributed by atoms with Gasteiger partial charge in [-0.1, -0.05) is 19.9 Å². The van der Waals surface area contributed by atoms with Gasteiger partial charge in [-0.3, -0.25) is 0 Å². The summed E-state index contributed by atoms with van der Waals surface area (Å²) in [6.07, 6.45) is 3.05. The van der Waals surface area contributed by atoms with Crippen LogP contribution < -0.4 is 10.5 Å². The molecular formula is C19H23N3O. The summed E-state index contributed by atoms with van der Waals surface area (Å²) in [6.45, 7) is 5.57. The van der Waals surface area contributed by atoms with E-state index in [0.29, 0.717) is 6.54 Å². The quantitative estimate of drug-likeness (QED) is 0.752. The van der Waals surface area contributed by atoms with E-state index in [1.165, 1.54) is 0 Å². The maximum absolute atomic E-state index is 5.92. The molecule has 0 fully saturated rings. The molecule has 4 heteroatoms. The van der Waals surface area contributed by atoms with E-state index in [4.69, 9.17) is 15.5 Å². The predicted molar refractivity (Wildman–Crippen MR) is 93.9 cm³/mol. The molecule has 1 atom stereocenters. The lowest BCUT2D eigenvalue weighted by Crippen LogP contribution is -2.12. The van der Waals surface area contributed by atoms with Crippen molar-refractivity contribution in [2.24, 2.45) is 5.73 Å². The summed E-state index contributed by atoms with van der Waals surface area (Å²) in [4.78, 5) is 4.81. The molecular weight excluding hydrogens is 286 g/mol. The SMILES string of the molecule is CCCOc1ccc(-c2nc3ccccn3c2C(C)CN)cc1. The van der Waals surface area contributed by atoms with E-state index >= 15 is 0 Å². The average Bonchev–Trinajstić information content (AvgIpc) is 2.99. The smallest absolute Gasteiger partial charge is 0.137 e. The fraction of sp³-hybridized carbons (Fsp3) is 0.316. The highest BCUT2D eigenvalue weighted by molar-refractivity contribution is 5.68. The van der Waals surface area contributed by atoms with Gasteiger partial charge in [0.1, 0.15) is 11.4 Å². The molecule has 1 unspecified atom stereocenters. The lowest BCUT2D eigenvalue weighted by molar-refractivity contribution is 0.317. The van der Waals surface area contributed by atoms with E-state index in [1.54, 1.807) is 0 Å². The number of nitrogens with zero attached hydrogens (tertiary/aromatic N) is 2. The number of pyridine rings is 1. The van der Waals surface area contributed by atoms with Crippen LogP contribution in [0.15, 0.2) is 48.7 Å². The minimum atomic E-state index is 0.235. The van der Waals surface area contributed by atoms with Gasteiger partial charge in [-0.15, -0.1) is 0 Å². The summed E-state index contributed by atoms with van der Waals surface area (Å²) in [7, 11) is 0. The third-order valence-electron chi connectivity index (χ3n) is 3.99. The van der Waals surface area contributed by atoms with Gasteiger partial charge in [0.25, 0.3) is 0 Å². The summed E-state index contributed by atoms with van der Waals surface area (Å²) in [5.41, 5.74) is 10.1. The summed E-state index contributed by atoms with van der Waals surface area (Å²) in [5, 5.41) is 0. The highest BCUT2D eigenvalue weighted by Crippen LogP contribution is 2.30. The molecule has 0 saturated carbocycles. The fourth-order valence-electron chi connectivity index (χ4n) is 2.74. The van der Waals surface area contributed by atoms with Crippen LogP contribution in [-0.4, -0.2) is 22.5 Å². The normalized spacial score (nSPS) is 12.5. The standard InChI is InChI=1S/C19H23N3O/c1-3-12-23-16-9-7-15(8-10-16)18-19(14(2)13-20)22-11-5-4-6-17(22)21-18/h4-11,14H,3,12-13,20H2,1-2H3. The number of benzene rings is 1. The van der Waals surface area contributed by atoms with Crippen molar-refractivity contribution in [1.29, 1.82) is 0 Å². The van der Waals surface area contributed by atoms with Gasteiger partial charge in [-0.2, -0.15) is 0 Å². The van der Waals surface area contributed by atoms with Crippen LogP contribution in [-0.2, 0) is 0 Å². The number of ether oxygens (including phenoxy) is 1. The Morgan fingerprint density at radius 2 is 1.96 bits per heavy atom. The maximum atomic E-state index is 5.92. The van der Waals surface area contributed by atoms with E-state index in [1.807, 2.05) is 36.5 Å². The first kappa shape index (κ1) is 15.6. The Bertz CT molecular complexity index is 777. The Hall–Kier alpha value is -2.33. The highest BCUT2D eigenvalue weighted by Gasteiger charge is 2.18. The van der Waals surface area contributed by atoms with Crippen molar-refractivity contribution in [3.63, 3.8) is 0 Å². The first-order valence-electron chi connectivity index (χ1n) is 8.15. The van der Waals surface area contributed by atoms with Gasteiger partial charge < -0.3 is 14.9 Å². The van der Waals surface area contributed by atoms with Gasteiger partial charge in [-0.25, -0.2) is 4.98 Å². The summed E-state index contributed by atoms with van der Waals surface area (Å²) in [6, 6.07) is 14.2. The molecule has 0 spiro atoms. The molecule has 2 N–H and O–H groups in total. The second kappa shape index (κ2) is 6.84. The van der Waals surface area contributed by atoms with Gasteiger partial charge in [0.2, 0.25) is 0 Å². The Morgan fingerprint density at radius 3 is 2.65 bits per heavy atom. The predicted octanol–water partition coefficient (Wildman–Crippen LogP) is 3.85. The van der Waals surface area contributed by atoms with Crippen molar-refractivity contribution in [3.8, 4) is 17.0 Å². The average molecular weight is 309 g/mol. The van der Waals surface area contributed by atoms with E-state index < -0.39 is 0 Å². The first-order chi connectivity index (χ1) is 11.2. The molecule has 0 aliphatic rings. The van der Waals surface area contributed by atoms with Gasteiger partial charge in [0.05, 0.1) is 18.0 Å². The van der Waals surface area contributed by atoms with Gasteiger partial charge in [0, 0.05) is 24.2 Å². The molecule has 3 aromatic rings. The molecule has 1 aromatic carbocycles. The summed E-state index contributed by atoms with van der Waals surface area (Å²) < 4.78 is 7.79. The van der Waals surface area contributed by atoms with Crippen molar-refractivity contribution in [1.82, 2.24) is 9.38 Å². The van der Waals surface area contributed by atoms with Crippen molar-refractivity contribution in [2.45, 2.75) is 26.2 Å². The molecule has 23 heavy (non-hydrogen) atoms. The van der Waals surface area contributed by atoms with Crippen LogP contribution in [0.5, 0.6) is 5.75 Å². The van der Waals surface area contributed by atoms with Crippen LogP contribution in [0.1, 0.15) is 31.9 Å². The minimum Gasteiger partial charge on any atom is -0.494 e. The van der Waals surface area contributed by atoms with Gasteiger partial charge in [-0.05, 0) is 42.8 Å². The molecule has 0 saturated heterocycles. The second-order valence-corrected chi connectivity index (χ2v) is 5.78. The van der Waals surface area contributed by atoms with Crippen molar-refractivity contribution in [3.05, 3.63) is 54.4 Å². The van der Waals surface area contributed by atoms with Gasteiger partial charge >= 0.3 is 0 Å². The van der Waals surface area contributed by atoms with Crippen molar-refractivity contribution < 1.29 is 4.74 Å². The number of imidazole rings is 1. The molecule has 0 radical (unpaired) electrons. The van der Waals surface area contributed by atoms with Crippen LogP contribution in [0.25, 0.3) is 16.9 Å². The number of hydrogen-bond acceptors (Lipinski definition) is 3. The van der Waals surface area contributed by atoms with Crippen LogP contribution >= 0.6 is 0 Å². The lowest BCUT2D eigenvalue weighted by atomic mass is 10.0. The van der Waals surface area contributed by atoms with Crippen LogP contribution in [0.3, 0.4) is 0 Å². The third kappa shape index (κ3) is 3.08. The van der Waals surface area contributed by atoms with Gasteiger partial charge in [0.15, 0.2) is 0 Å². The summed E-state index contributed by atoms with van der Waals surface area (Å²) in [5.74, 6) is 1.13. The fourth-order valence-corrected chi connectivity index (χ4v) is 2.74. The Balaban J connectivity index is 2.04. The second-order valence-electron chi connectivity index (χ2n) is 5.78. The number of hydrogen-bond donors (Lipinski definition) is 1. The molecule has 0 amide bonds. The molecule has 0 bridgehead atoms. The number of fused-ring (bicyclic) bond motifs is 1. The molecule has 2 heterocycles. The molecule has 2 aromatic heterocycles. The number of nitrogens with two attached hydrogens (primary N) is 1. The van der Waals surface area contributed by atoms with E-state index in [-0.39, 0.29) is 5.92 Å². The zero-order valence-electron chi connectivity index (χ0n) is 13.7. The third-order valence-corrected chi connectivity index (χ3v) is 3.99. The largest absolute Gasteiger partial charge is 0.494 e. The van der Waals surface area contributed by atoms with Crippen molar-refractivity contribution >= 4 is 5.65 Å². The molecule has 0 aliphatic heterocycles. The van der Waals surface area contributed by atoms with Crippen molar-refractivity contribution in [2.75, 3.05) is 13.2 Å². The van der Waals surface area contributed by atoms with E-state index in [9.17, 15) is 0 Å². The maximum Gasteiger partial charge on any atom is 0.137 e. The molecule has 120 valence electrons. The first-order valence-corrected chi connectivity index (χ1v) is 8.15. The van der Waals surface area contributed by atoms with Crippen LogP contribution in [0.4, 0.5) is 0 Å². The Kier molecular flexibility index (Phi) is 4.63. The molecule has 0 aliphatic carbocycles. The zero-order chi connectivity index (χ0) is 16.2. The Labute approximate surface area is 136 Å². The van der Waals surface area contributed by atoms with Crippen LogP contribution in [0, 0.1) is 0 Å². The topological polar surface area (TPSA) is 52.5 Å². The monoisotopic (exact) mass is 309 g/mol. The molecule has 3 rings (SSSR count). The summed E-state index contributed by atoms with van der Waals surface area (Å²) >= 11 is 0. The number of rotatable bonds is 6. The van der Waals surface area contributed by atoms with E-state index in [0.717, 1.165) is 41.4 Å². The minimum absolute atomic E-state index is 0.235. The highest BCUT2D eigenvalue weighted by atomic mass is 16.5. The lowest BCUT2D eigenvalue weighted by Gasteiger charge is -2.12. The van der Waals surface area contributed by atoms with Crippen LogP contribution in [0.2, 0.25) is 0 Å². The number of aromatic nitrogens is 2. The van der Waals surface area contributed by atoms with E-state index in [2.05, 4.69) is 30.4 Å². The molecule has 4 nitrogen and oxygen atoms in total. The zero-order valence-corrected chi connectivity index (χ0v) is 13.7.